The number of piperidine rings is 1. The standard InChI is InChI=1S/C18H31N3O3/c1-14-11-21(12-15(2)24-14)17(22)13-19-9-5-16(6-10-19)18(23)20-7-3-4-8-20/h14-16H,3-13H2,1-2H3. The van der Waals surface area contributed by atoms with Crippen LogP contribution in [0.4, 0.5) is 0 Å². The quantitative estimate of drug-likeness (QED) is 0.770. The summed E-state index contributed by atoms with van der Waals surface area (Å²) in [5, 5.41) is 0. The number of hydrogen-bond donors (Lipinski definition) is 0. The van der Waals surface area contributed by atoms with Crippen LogP contribution in [0.1, 0.15) is 39.5 Å². The summed E-state index contributed by atoms with van der Waals surface area (Å²) >= 11 is 0. The largest absolute Gasteiger partial charge is 0.372 e. The van der Waals surface area contributed by atoms with E-state index in [4.69, 9.17) is 4.74 Å². The summed E-state index contributed by atoms with van der Waals surface area (Å²) < 4.78 is 5.70. The van der Waals surface area contributed by atoms with E-state index in [1.807, 2.05) is 23.6 Å². The molecule has 136 valence electrons. The first-order chi connectivity index (χ1) is 11.5. The van der Waals surface area contributed by atoms with Gasteiger partial charge in [-0.1, -0.05) is 0 Å². The van der Waals surface area contributed by atoms with E-state index in [0.29, 0.717) is 25.5 Å². The Labute approximate surface area is 145 Å². The minimum atomic E-state index is 0.113. The van der Waals surface area contributed by atoms with Gasteiger partial charge in [0.25, 0.3) is 0 Å². The zero-order chi connectivity index (χ0) is 17.1. The van der Waals surface area contributed by atoms with Gasteiger partial charge in [-0.25, -0.2) is 0 Å². The molecule has 2 atom stereocenters. The molecule has 3 fully saturated rings. The fraction of sp³-hybridized carbons (Fsp3) is 0.889. The molecule has 0 N–H and O–H groups in total. The maximum atomic E-state index is 12.5. The monoisotopic (exact) mass is 337 g/mol. The number of rotatable bonds is 3. The third-order valence-corrected chi connectivity index (χ3v) is 5.49. The van der Waals surface area contributed by atoms with Crippen molar-refractivity contribution in [3.05, 3.63) is 0 Å². The number of likely N-dealkylation sites (tertiary alicyclic amines) is 2. The van der Waals surface area contributed by atoms with Gasteiger partial charge in [-0.2, -0.15) is 0 Å². The lowest BCUT2D eigenvalue weighted by atomic mass is 9.95. The van der Waals surface area contributed by atoms with Gasteiger partial charge in [0.05, 0.1) is 18.8 Å². The number of carbonyl (C=O) groups is 2. The SMILES string of the molecule is CC1CN(C(=O)CN2CCC(C(=O)N3CCCC3)CC2)CC(C)O1. The number of morpholine rings is 1. The second kappa shape index (κ2) is 7.83. The minimum absolute atomic E-state index is 0.113. The molecule has 2 amide bonds. The summed E-state index contributed by atoms with van der Waals surface area (Å²) in [7, 11) is 0. The molecule has 6 heteroatoms. The van der Waals surface area contributed by atoms with Crippen LogP contribution >= 0.6 is 0 Å². The maximum absolute atomic E-state index is 12.5. The third kappa shape index (κ3) is 4.28. The van der Waals surface area contributed by atoms with Crippen molar-refractivity contribution >= 4 is 11.8 Å². The Balaban J connectivity index is 1.43. The number of hydrogen-bond acceptors (Lipinski definition) is 4. The molecular formula is C18H31N3O3. The molecule has 6 nitrogen and oxygen atoms in total. The Hall–Kier alpha value is -1.14. The summed E-state index contributed by atoms with van der Waals surface area (Å²) in [6, 6.07) is 0. The van der Waals surface area contributed by atoms with Crippen molar-refractivity contribution < 1.29 is 14.3 Å². The number of ether oxygens (including phenoxy) is 1. The van der Waals surface area contributed by atoms with Gasteiger partial charge < -0.3 is 14.5 Å². The smallest absolute Gasteiger partial charge is 0.236 e. The first kappa shape index (κ1) is 17.7. The van der Waals surface area contributed by atoms with Gasteiger partial charge in [0.15, 0.2) is 0 Å². The number of amides is 2. The second-order valence-electron chi connectivity index (χ2n) is 7.64. The molecule has 0 saturated carbocycles. The summed E-state index contributed by atoms with van der Waals surface area (Å²) in [6.07, 6.45) is 4.30. The molecule has 3 saturated heterocycles. The Morgan fingerprint density at radius 1 is 0.917 bits per heavy atom. The van der Waals surface area contributed by atoms with Crippen molar-refractivity contribution in [2.45, 2.75) is 51.7 Å². The van der Waals surface area contributed by atoms with Gasteiger partial charge in [-0.05, 0) is 52.6 Å². The molecule has 0 spiro atoms. The normalized spacial score (nSPS) is 29.9. The van der Waals surface area contributed by atoms with Crippen LogP contribution in [-0.4, -0.2) is 84.5 Å². The lowest BCUT2D eigenvalue weighted by molar-refractivity contribution is -0.145. The average Bonchev–Trinajstić information content (AvgIpc) is 3.08. The molecule has 3 rings (SSSR count). The van der Waals surface area contributed by atoms with Gasteiger partial charge in [0.2, 0.25) is 11.8 Å². The summed E-state index contributed by atoms with van der Waals surface area (Å²) in [5.74, 6) is 0.702. The van der Waals surface area contributed by atoms with E-state index in [0.717, 1.165) is 51.9 Å². The van der Waals surface area contributed by atoms with Crippen LogP contribution in [0.3, 0.4) is 0 Å². The molecule has 0 aromatic heterocycles. The van der Waals surface area contributed by atoms with Gasteiger partial charge in [-0.15, -0.1) is 0 Å². The highest BCUT2D eigenvalue weighted by Crippen LogP contribution is 2.22. The highest BCUT2D eigenvalue weighted by atomic mass is 16.5. The van der Waals surface area contributed by atoms with E-state index in [2.05, 4.69) is 4.90 Å². The predicted octanol–water partition coefficient (Wildman–Crippen LogP) is 0.957. The van der Waals surface area contributed by atoms with Crippen molar-refractivity contribution in [1.82, 2.24) is 14.7 Å². The van der Waals surface area contributed by atoms with Crippen LogP contribution in [-0.2, 0) is 14.3 Å². The molecular weight excluding hydrogens is 306 g/mol. The number of nitrogens with zero attached hydrogens (tertiary/aromatic N) is 3. The average molecular weight is 337 g/mol. The second-order valence-corrected chi connectivity index (χ2v) is 7.64. The van der Waals surface area contributed by atoms with Crippen molar-refractivity contribution in [2.24, 2.45) is 5.92 Å². The van der Waals surface area contributed by atoms with E-state index in [1.54, 1.807) is 0 Å². The first-order valence-electron chi connectivity index (χ1n) is 9.47. The Kier molecular flexibility index (Phi) is 5.76. The van der Waals surface area contributed by atoms with Gasteiger partial charge in [0, 0.05) is 32.1 Å². The van der Waals surface area contributed by atoms with Crippen LogP contribution in [0.15, 0.2) is 0 Å². The van der Waals surface area contributed by atoms with E-state index in [1.165, 1.54) is 0 Å². The number of carbonyl (C=O) groups excluding carboxylic acids is 2. The topological polar surface area (TPSA) is 53.1 Å². The molecule has 0 aromatic rings. The molecule has 3 aliphatic rings. The Morgan fingerprint density at radius 2 is 1.50 bits per heavy atom. The van der Waals surface area contributed by atoms with Crippen molar-refractivity contribution in [3.63, 3.8) is 0 Å². The molecule has 0 bridgehead atoms. The van der Waals surface area contributed by atoms with Crippen LogP contribution in [0, 0.1) is 5.92 Å². The van der Waals surface area contributed by atoms with E-state index >= 15 is 0 Å². The van der Waals surface area contributed by atoms with Crippen LogP contribution in [0.25, 0.3) is 0 Å². The fourth-order valence-corrected chi connectivity index (χ4v) is 4.21. The van der Waals surface area contributed by atoms with Crippen molar-refractivity contribution in [3.8, 4) is 0 Å². The van der Waals surface area contributed by atoms with Crippen molar-refractivity contribution in [1.29, 1.82) is 0 Å². The highest BCUT2D eigenvalue weighted by molar-refractivity contribution is 5.80. The highest BCUT2D eigenvalue weighted by Gasteiger charge is 2.32. The summed E-state index contributed by atoms with van der Waals surface area (Å²) in [6.45, 7) is 9.47. The Bertz CT molecular complexity index is 446. The molecule has 3 heterocycles. The van der Waals surface area contributed by atoms with Crippen LogP contribution in [0.5, 0.6) is 0 Å². The maximum Gasteiger partial charge on any atom is 0.236 e. The predicted molar refractivity (Wildman–Crippen MR) is 91.6 cm³/mol. The molecule has 2 unspecified atom stereocenters. The zero-order valence-corrected chi connectivity index (χ0v) is 15.1. The minimum Gasteiger partial charge on any atom is -0.372 e. The Morgan fingerprint density at radius 3 is 2.08 bits per heavy atom. The third-order valence-electron chi connectivity index (χ3n) is 5.49. The van der Waals surface area contributed by atoms with E-state index in [9.17, 15) is 9.59 Å². The summed E-state index contributed by atoms with van der Waals surface area (Å²) in [4.78, 5) is 31.2. The molecule has 0 aromatic carbocycles. The zero-order valence-electron chi connectivity index (χ0n) is 15.1. The van der Waals surface area contributed by atoms with Gasteiger partial charge in [-0.3, -0.25) is 14.5 Å². The lowest BCUT2D eigenvalue weighted by Crippen LogP contribution is -2.52. The van der Waals surface area contributed by atoms with Gasteiger partial charge >= 0.3 is 0 Å². The lowest BCUT2D eigenvalue weighted by Gasteiger charge is -2.38. The first-order valence-corrected chi connectivity index (χ1v) is 9.47. The molecule has 24 heavy (non-hydrogen) atoms. The van der Waals surface area contributed by atoms with Crippen LogP contribution in [0.2, 0.25) is 0 Å². The van der Waals surface area contributed by atoms with Crippen molar-refractivity contribution in [2.75, 3.05) is 45.8 Å². The van der Waals surface area contributed by atoms with E-state index < -0.39 is 0 Å². The molecule has 3 aliphatic heterocycles. The van der Waals surface area contributed by atoms with Crippen LogP contribution < -0.4 is 0 Å². The molecule has 0 aliphatic carbocycles. The molecule has 0 radical (unpaired) electrons. The summed E-state index contributed by atoms with van der Waals surface area (Å²) in [5.41, 5.74) is 0. The van der Waals surface area contributed by atoms with Gasteiger partial charge in [0.1, 0.15) is 0 Å². The van der Waals surface area contributed by atoms with E-state index in [-0.39, 0.29) is 24.0 Å². The fourth-order valence-electron chi connectivity index (χ4n) is 4.21.